The van der Waals surface area contributed by atoms with Crippen molar-refractivity contribution < 1.29 is 9.53 Å². The zero-order chi connectivity index (χ0) is 26.8. The molecule has 0 atom stereocenters. The Morgan fingerprint density at radius 2 is 1.80 bits per heavy atom. The first-order chi connectivity index (χ1) is 19.1. The van der Waals surface area contributed by atoms with Crippen LogP contribution in [0.5, 0.6) is 0 Å². The van der Waals surface area contributed by atoms with Crippen molar-refractivity contribution >= 4 is 56.3 Å². The minimum Gasteiger partial charge on any atom is -0.379 e. The highest BCUT2D eigenvalue weighted by atomic mass is 35.5. The zero-order valence-corrected chi connectivity index (χ0v) is 25.0. The quantitative estimate of drug-likeness (QED) is 0.202. The van der Waals surface area contributed by atoms with E-state index < -0.39 is 0 Å². The van der Waals surface area contributed by atoms with E-state index in [0.29, 0.717) is 11.4 Å². The predicted octanol–water partition coefficient (Wildman–Crippen LogP) is 6.62. The van der Waals surface area contributed by atoms with Crippen LogP contribution < -0.4 is 4.90 Å². The topological polar surface area (TPSA) is 63.5 Å². The lowest BCUT2D eigenvalue weighted by atomic mass is 10.1. The summed E-state index contributed by atoms with van der Waals surface area (Å²) in [6.07, 6.45) is 0.868. The van der Waals surface area contributed by atoms with E-state index in [1.54, 1.807) is 0 Å². The number of para-hydroxylation sites is 1. The minimum absolute atomic E-state index is 0. The molecule has 0 radical (unpaired) electrons. The average molecular weight is 594 g/mol. The molecule has 4 heterocycles. The summed E-state index contributed by atoms with van der Waals surface area (Å²) in [4.78, 5) is 25.0. The van der Waals surface area contributed by atoms with Crippen molar-refractivity contribution in [1.82, 2.24) is 19.7 Å². The van der Waals surface area contributed by atoms with Crippen LogP contribution in [0.25, 0.3) is 27.2 Å². The summed E-state index contributed by atoms with van der Waals surface area (Å²) in [5.74, 6) is -0.0120. The van der Waals surface area contributed by atoms with Gasteiger partial charge in [0, 0.05) is 42.5 Å². The Morgan fingerprint density at radius 3 is 2.55 bits per heavy atom. The van der Waals surface area contributed by atoms with Crippen molar-refractivity contribution in [1.29, 1.82) is 0 Å². The lowest BCUT2D eigenvalue weighted by molar-refractivity contribution is 0.0376. The van der Waals surface area contributed by atoms with Crippen LogP contribution in [0, 0.1) is 13.8 Å². The van der Waals surface area contributed by atoms with Gasteiger partial charge in [-0.15, -0.1) is 35.1 Å². The van der Waals surface area contributed by atoms with Crippen LogP contribution in [-0.4, -0.2) is 65.0 Å². The standard InChI is InChI=1S/C30H31N5O2S2.ClH/c1-21-9-11-23(12-10-21)26-20-38-30(31-26)34(14-6-13-33-15-17-37-18-16-33)28(36)27-19-25-22(2)32-35(29(25)39-27)24-7-4-3-5-8-24;/h3-5,7-12,19-20H,6,13-18H2,1-2H3;1H. The molecule has 1 aliphatic rings. The molecule has 3 aromatic heterocycles. The van der Waals surface area contributed by atoms with E-state index in [1.807, 2.05) is 58.3 Å². The number of halogens is 1. The van der Waals surface area contributed by atoms with Gasteiger partial charge in [0.1, 0.15) is 4.83 Å². The van der Waals surface area contributed by atoms with Crippen LogP contribution in [0.4, 0.5) is 5.13 Å². The van der Waals surface area contributed by atoms with E-state index in [4.69, 9.17) is 14.8 Å². The Kier molecular flexibility index (Phi) is 8.97. The molecule has 0 saturated carbocycles. The van der Waals surface area contributed by atoms with Crippen LogP contribution >= 0.6 is 35.1 Å². The molecule has 10 heteroatoms. The van der Waals surface area contributed by atoms with E-state index in [2.05, 4.69) is 36.1 Å². The third kappa shape index (κ3) is 5.99. The number of carbonyl (C=O) groups excluding carboxylic acids is 1. The molecule has 208 valence electrons. The highest BCUT2D eigenvalue weighted by Crippen LogP contribution is 2.34. The molecule has 0 spiro atoms. The van der Waals surface area contributed by atoms with Gasteiger partial charge in [-0.2, -0.15) is 5.10 Å². The summed E-state index contributed by atoms with van der Waals surface area (Å²) >= 11 is 3.02. The normalized spacial score (nSPS) is 13.8. The molecule has 40 heavy (non-hydrogen) atoms. The number of nitrogens with zero attached hydrogens (tertiary/aromatic N) is 5. The van der Waals surface area contributed by atoms with Crippen molar-refractivity contribution in [3.8, 4) is 16.9 Å². The fourth-order valence-corrected chi connectivity index (χ4v) is 6.83. The molecule has 0 aliphatic carbocycles. The van der Waals surface area contributed by atoms with E-state index >= 15 is 0 Å². The van der Waals surface area contributed by atoms with Gasteiger partial charge >= 0.3 is 0 Å². The van der Waals surface area contributed by atoms with Crippen molar-refractivity contribution in [2.45, 2.75) is 20.3 Å². The second kappa shape index (κ2) is 12.6. The largest absolute Gasteiger partial charge is 0.379 e. The number of benzene rings is 2. The van der Waals surface area contributed by atoms with Crippen LogP contribution in [0.2, 0.25) is 0 Å². The maximum absolute atomic E-state index is 14.1. The molecule has 0 N–H and O–H groups in total. The summed E-state index contributed by atoms with van der Waals surface area (Å²) < 4.78 is 7.44. The Morgan fingerprint density at radius 1 is 1.05 bits per heavy atom. The van der Waals surface area contributed by atoms with Crippen LogP contribution in [0.15, 0.2) is 66.0 Å². The first-order valence-corrected chi connectivity index (χ1v) is 15.0. The second-order valence-corrected chi connectivity index (χ2v) is 11.7. The molecule has 5 aromatic rings. The van der Waals surface area contributed by atoms with Crippen molar-refractivity contribution in [2.75, 3.05) is 44.3 Å². The SMILES string of the molecule is Cc1ccc(-c2csc(N(CCCN3CCOCC3)C(=O)c3cc4c(C)nn(-c5ccccc5)c4s3)n2)cc1.Cl. The van der Waals surface area contributed by atoms with Gasteiger partial charge in [0.2, 0.25) is 0 Å². The highest BCUT2D eigenvalue weighted by Gasteiger charge is 2.25. The Bertz CT molecular complexity index is 1570. The minimum atomic E-state index is -0.0120. The monoisotopic (exact) mass is 593 g/mol. The number of morpholine rings is 1. The number of aromatic nitrogens is 3. The number of rotatable bonds is 8. The average Bonchev–Trinajstić information content (AvgIpc) is 3.70. The summed E-state index contributed by atoms with van der Waals surface area (Å²) in [6.45, 7) is 9.03. The number of hydrogen-bond donors (Lipinski definition) is 0. The Balaban J connectivity index is 0.00000323. The van der Waals surface area contributed by atoms with Gasteiger partial charge in [0.05, 0.1) is 35.2 Å². The predicted molar refractivity (Wildman–Crippen MR) is 167 cm³/mol. The third-order valence-corrected chi connectivity index (χ3v) is 8.99. The summed E-state index contributed by atoms with van der Waals surface area (Å²) in [5.41, 5.74) is 5.07. The fraction of sp³-hybridized carbons (Fsp3) is 0.300. The smallest absolute Gasteiger partial charge is 0.270 e. The van der Waals surface area contributed by atoms with Gasteiger partial charge in [-0.05, 0) is 38.5 Å². The van der Waals surface area contributed by atoms with Crippen LogP contribution in [-0.2, 0) is 4.74 Å². The highest BCUT2D eigenvalue weighted by molar-refractivity contribution is 7.20. The van der Waals surface area contributed by atoms with Gasteiger partial charge < -0.3 is 4.74 Å². The molecule has 6 rings (SSSR count). The summed E-state index contributed by atoms with van der Waals surface area (Å²) in [7, 11) is 0. The molecule has 1 amide bonds. The Labute approximate surface area is 248 Å². The number of fused-ring (bicyclic) bond motifs is 1. The zero-order valence-electron chi connectivity index (χ0n) is 22.6. The lowest BCUT2D eigenvalue weighted by Crippen LogP contribution is -2.39. The Hall–Kier alpha value is -3.08. The number of thiazole rings is 1. The molecule has 1 aliphatic heterocycles. The van der Waals surface area contributed by atoms with Crippen molar-refractivity contribution in [3.05, 3.63) is 82.2 Å². The maximum atomic E-state index is 14.1. The second-order valence-electron chi connectivity index (χ2n) is 9.81. The van der Waals surface area contributed by atoms with Crippen molar-refractivity contribution in [2.24, 2.45) is 0 Å². The van der Waals surface area contributed by atoms with Crippen LogP contribution in [0.3, 0.4) is 0 Å². The number of carbonyl (C=O) groups is 1. The molecule has 2 aromatic carbocycles. The fourth-order valence-electron chi connectivity index (χ4n) is 4.84. The van der Waals surface area contributed by atoms with Gasteiger partial charge in [-0.25, -0.2) is 9.67 Å². The molecular weight excluding hydrogens is 562 g/mol. The summed E-state index contributed by atoms with van der Waals surface area (Å²) in [6, 6.07) is 20.4. The molecule has 1 saturated heterocycles. The van der Waals surface area contributed by atoms with E-state index in [1.165, 1.54) is 28.2 Å². The number of ether oxygens (including phenoxy) is 1. The molecule has 1 fully saturated rings. The van der Waals surface area contributed by atoms with Gasteiger partial charge in [0.25, 0.3) is 5.91 Å². The van der Waals surface area contributed by atoms with Crippen LogP contribution in [0.1, 0.15) is 27.3 Å². The number of hydrogen-bond acceptors (Lipinski definition) is 7. The van der Waals surface area contributed by atoms with Gasteiger partial charge in [0.15, 0.2) is 5.13 Å². The molecule has 0 bridgehead atoms. The van der Waals surface area contributed by atoms with Crippen molar-refractivity contribution in [3.63, 3.8) is 0 Å². The number of anilines is 1. The number of aryl methyl sites for hydroxylation is 2. The number of thiophene rings is 1. The van der Waals surface area contributed by atoms with E-state index in [9.17, 15) is 4.79 Å². The maximum Gasteiger partial charge on any atom is 0.270 e. The van der Waals surface area contributed by atoms with E-state index in [0.717, 1.165) is 77.3 Å². The van der Waals surface area contributed by atoms with E-state index in [-0.39, 0.29) is 18.3 Å². The molecule has 0 unspecified atom stereocenters. The summed E-state index contributed by atoms with van der Waals surface area (Å²) in [5, 5.41) is 8.54. The number of amides is 1. The molecule has 7 nitrogen and oxygen atoms in total. The molecular formula is C30H32ClN5O2S2. The lowest BCUT2D eigenvalue weighted by Gasteiger charge is -2.27. The first kappa shape index (κ1) is 28.4. The van der Waals surface area contributed by atoms with Gasteiger partial charge in [-0.3, -0.25) is 14.6 Å². The third-order valence-electron chi connectivity index (χ3n) is 7.03. The first-order valence-electron chi connectivity index (χ1n) is 13.3. The van der Waals surface area contributed by atoms with Gasteiger partial charge in [-0.1, -0.05) is 48.0 Å².